The van der Waals surface area contributed by atoms with Gasteiger partial charge in [0, 0.05) is 58.7 Å². The maximum Gasteiger partial charge on any atom is 0.222 e. The Morgan fingerprint density at radius 3 is 2.96 bits per heavy atom. The third kappa shape index (κ3) is 3.98. The molecule has 1 amide bonds. The first-order valence-corrected chi connectivity index (χ1v) is 9.25. The molecule has 2 fully saturated rings. The lowest BCUT2D eigenvalue weighted by molar-refractivity contribution is -0.135. The highest BCUT2D eigenvalue weighted by Gasteiger charge is 2.32. The van der Waals surface area contributed by atoms with Crippen molar-refractivity contribution in [3.63, 3.8) is 0 Å². The van der Waals surface area contributed by atoms with E-state index in [-0.39, 0.29) is 11.9 Å². The van der Waals surface area contributed by atoms with Gasteiger partial charge in [-0.25, -0.2) is 4.98 Å². The molecule has 2 saturated heterocycles. The molecule has 0 radical (unpaired) electrons. The minimum absolute atomic E-state index is 0.200. The summed E-state index contributed by atoms with van der Waals surface area (Å²) >= 11 is 0. The van der Waals surface area contributed by atoms with Gasteiger partial charge >= 0.3 is 0 Å². The van der Waals surface area contributed by atoms with Crippen LogP contribution in [-0.4, -0.2) is 64.7 Å². The molecule has 1 aromatic rings. The Morgan fingerprint density at radius 1 is 1.42 bits per heavy atom. The van der Waals surface area contributed by atoms with Crippen LogP contribution in [0.1, 0.15) is 44.5 Å². The van der Waals surface area contributed by atoms with Gasteiger partial charge in [0.15, 0.2) is 0 Å². The van der Waals surface area contributed by atoms with Crippen LogP contribution in [0.25, 0.3) is 0 Å². The summed E-state index contributed by atoms with van der Waals surface area (Å²) in [5.41, 5.74) is 0. The van der Waals surface area contributed by atoms with Gasteiger partial charge in [-0.15, -0.1) is 0 Å². The molecule has 134 valence electrons. The van der Waals surface area contributed by atoms with E-state index in [1.165, 1.54) is 6.42 Å². The molecular formula is C18H30N4O2. The molecule has 2 aliphatic heterocycles. The van der Waals surface area contributed by atoms with Crippen molar-refractivity contribution >= 4 is 5.91 Å². The molecule has 0 aromatic carbocycles. The average Bonchev–Trinajstić information content (AvgIpc) is 3.05. The second-order valence-electron chi connectivity index (χ2n) is 7.00. The molecule has 0 bridgehead atoms. The highest BCUT2D eigenvalue weighted by atomic mass is 16.5. The number of piperazine rings is 1. The summed E-state index contributed by atoms with van der Waals surface area (Å²) < 4.78 is 7.60. The van der Waals surface area contributed by atoms with Crippen LogP contribution in [-0.2, 0) is 16.6 Å². The van der Waals surface area contributed by atoms with Crippen molar-refractivity contribution in [1.29, 1.82) is 0 Å². The predicted octanol–water partition coefficient (Wildman–Crippen LogP) is 1.83. The van der Waals surface area contributed by atoms with Crippen LogP contribution >= 0.6 is 0 Å². The number of aryl methyl sites for hydroxylation is 1. The van der Waals surface area contributed by atoms with E-state index >= 15 is 0 Å². The summed E-state index contributed by atoms with van der Waals surface area (Å²) in [6, 6.07) is 0.200. The van der Waals surface area contributed by atoms with Crippen LogP contribution in [0.15, 0.2) is 12.4 Å². The number of nitrogens with zero attached hydrogens (tertiary/aromatic N) is 4. The molecule has 0 spiro atoms. The van der Waals surface area contributed by atoms with Gasteiger partial charge in [0.25, 0.3) is 0 Å². The van der Waals surface area contributed by atoms with Gasteiger partial charge in [-0.2, -0.15) is 0 Å². The fourth-order valence-electron chi connectivity index (χ4n) is 3.89. The molecule has 1 aromatic heterocycles. The number of hydrogen-bond acceptors (Lipinski definition) is 4. The number of carbonyl (C=O) groups excluding carboxylic acids is 1. The summed E-state index contributed by atoms with van der Waals surface area (Å²) in [5, 5.41) is 0. The van der Waals surface area contributed by atoms with E-state index in [0.29, 0.717) is 12.3 Å². The Bertz CT molecular complexity index is 539. The van der Waals surface area contributed by atoms with Crippen LogP contribution in [0.3, 0.4) is 0 Å². The van der Waals surface area contributed by atoms with E-state index < -0.39 is 0 Å². The van der Waals surface area contributed by atoms with E-state index in [9.17, 15) is 4.79 Å². The molecule has 6 heteroatoms. The summed E-state index contributed by atoms with van der Waals surface area (Å²) in [4.78, 5) is 21.6. The number of hydrogen-bond donors (Lipinski definition) is 0. The normalized spacial score (nSPS) is 25.8. The first-order valence-electron chi connectivity index (χ1n) is 9.25. The topological polar surface area (TPSA) is 50.6 Å². The molecule has 2 unspecified atom stereocenters. The summed E-state index contributed by atoms with van der Waals surface area (Å²) in [6.45, 7) is 7.37. The van der Waals surface area contributed by atoms with Crippen molar-refractivity contribution in [2.75, 3.05) is 39.4 Å². The SMILES string of the molecule is CCN1CCN(C(=O)CCC2CCCOC2)CC1c1nccn1C. The second kappa shape index (κ2) is 8.12. The van der Waals surface area contributed by atoms with Gasteiger partial charge in [0.2, 0.25) is 5.91 Å². The molecule has 0 saturated carbocycles. The molecule has 24 heavy (non-hydrogen) atoms. The van der Waals surface area contributed by atoms with Gasteiger partial charge < -0.3 is 14.2 Å². The van der Waals surface area contributed by atoms with Gasteiger partial charge in [-0.05, 0) is 31.7 Å². The third-order valence-electron chi connectivity index (χ3n) is 5.43. The van der Waals surface area contributed by atoms with Crippen molar-refractivity contribution < 1.29 is 9.53 Å². The van der Waals surface area contributed by atoms with Crippen LogP contribution in [0.2, 0.25) is 0 Å². The lowest BCUT2D eigenvalue weighted by Crippen LogP contribution is -2.51. The van der Waals surface area contributed by atoms with Crippen molar-refractivity contribution in [1.82, 2.24) is 19.4 Å². The zero-order valence-electron chi connectivity index (χ0n) is 15.0. The fraction of sp³-hybridized carbons (Fsp3) is 0.778. The Kier molecular flexibility index (Phi) is 5.89. The zero-order chi connectivity index (χ0) is 16.9. The van der Waals surface area contributed by atoms with Crippen molar-refractivity contribution in [2.24, 2.45) is 13.0 Å². The Balaban J connectivity index is 1.57. The van der Waals surface area contributed by atoms with Gasteiger partial charge in [0.05, 0.1) is 6.04 Å². The standard InChI is InChI=1S/C18H30N4O2/c1-3-21-10-11-22(13-16(21)18-19-8-9-20(18)2)17(23)7-6-15-5-4-12-24-14-15/h8-9,15-16H,3-7,10-14H2,1-2H3. The van der Waals surface area contributed by atoms with Crippen molar-refractivity contribution in [2.45, 2.75) is 38.6 Å². The van der Waals surface area contributed by atoms with E-state index in [2.05, 4.69) is 21.4 Å². The van der Waals surface area contributed by atoms with Gasteiger partial charge in [-0.1, -0.05) is 6.92 Å². The number of imidazole rings is 1. The van der Waals surface area contributed by atoms with Crippen LogP contribution < -0.4 is 0 Å². The number of carbonyl (C=O) groups is 1. The second-order valence-corrected chi connectivity index (χ2v) is 7.00. The van der Waals surface area contributed by atoms with E-state index in [1.54, 1.807) is 0 Å². The molecule has 3 heterocycles. The molecule has 0 N–H and O–H groups in total. The number of rotatable bonds is 5. The maximum absolute atomic E-state index is 12.7. The third-order valence-corrected chi connectivity index (χ3v) is 5.43. The lowest BCUT2D eigenvalue weighted by atomic mass is 9.96. The summed E-state index contributed by atoms with van der Waals surface area (Å²) in [6.07, 6.45) is 7.76. The lowest BCUT2D eigenvalue weighted by Gasteiger charge is -2.40. The van der Waals surface area contributed by atoms with Crippen LogP contribution in [0, 0.1) is 5.92 Å². The summed E-state index contributed by atoms with van der Waals surface area (Å²) in [7, 11) is 2.03. The number of ether oxygens (including phenoxy) is 1. The number of amides is 1. The van der Waals surface area contributed by atoms with E-state index in [1.807, 2.05) is 24.3 Å². The predicted molar refractivity (Wildman–Crippen MR) is 92.6 cm³/mol. The Hall–Kier alpha value is -1.40. The first-order chi connectivity index (χ1) is 11.7. The van der Waals surface area contributed by atoms with Crippen LogP contribution in [0.4, 0.5) is 0 Å². The monoisotopic (exact) mass is 334 g/mol. The molecule has 2 aliphatic rings. The van der Waals surface area contributed by atoms with E-state index in [0.717, 1.165) is 58.1 Å². The van der Waals surface area contributed by atoms with Gasteiger partial charge in [0.1, 0.15) is 5.82 Å². The zero-order valence-corrected chi connectivity index (χ0v) is 15.0. The number of likely N-dealkylation sites (N-methyl/N-ethyl adjacent to an activating group) is 1. The molecular weight excluding hydrogens is 304 g/mol. The molecule has 2 atom stereocenters. The van der Waals surface area contributed by atoms with Crippen molar-refractivity contribution in [3.8, 4) is 0 Å². The smallest absolute Gasteiger partial charge is 0.222 e. The average molecular weight is 334 g/mol. The summed E-state index contributed by atoms with van der Waals surface area (Å²) in [5.74, 6) is 1.90. The maximum atomic E-state index is 12.7. The first kappa shape index (κ1) is 17.4. The number of aromatic nitrogens is 2. The van der Waals surface area contributed by atoms with E-state index in [4.69, 9.17) is 4.74 Å². The Morgan fingerprint density at radius 2 is 2.29 bits per heavy atom. The Labute approximate surface area is 144 Å². The molecule has 0 aliphatic carbocycles. The fourth-order valence-corrected chi connectivity index (χ4v) is 3.89. The van der Waals surface area contributed by atoms with Crippen molar-refractivity contribution in [3.05, 3.63) is 18.2 Å². The minimum Gasteiger partial charge on any atom is -0.381 e. The van der Waals surface area contributed by atoms with Gasteiger partial charge in [-0.3, -0.25) is 9.69 Å². The quantitative estimate of drug-likeness (QED) is 0.824. The highest BCUT2D eigenvalue weighted by Crippen LogP contribution is 2.25. The minimum atomic E-state index is 0.200. The highest BCUT2D eigenvalue weighted by molar-refractivity contribution is 5.76. The largest absolute Gasteiger partial charge is 0.381 e. The van der Waals surface area contributed by atoms with Crippen LogP contribution in [0.5, 0.6) is 0 Å². The molecule has 3 rings (SSSR count). The molecule has 6 nitrogen and oxygen atoms in total.